The van der Waals surface area contributed by atoms with Crippen LogP contribution >= 0.6 is 11.3 Å². The molecule has 0 aliphatic heterocycles. The number of urea groups is 1. The van der Waals surface area contributed by atoms with Crippen molar-refractivity contribution in [1.29, 1.82) is 0 Å². The van der Waals surface area contributed by atoms with Gasteiger partial charge in [-0.2, -0.15) is 11.3 Å². The lowest BCUT2D eigenvalue weighted by atomic mass is 10.5. The fraction of sp³-hybridized carbons (Fsp3) is 0.375. The van der Waals surface area contributed by atoms with Crippen LogP contribution in [0.2, 0.25) is 0 Å². The smallest absolute Gasteiger partial charge is 0.319 e. The van der Waals surface area contributed by atoms with Gasteiger partial charge in [0.1, 0.15) is 0 Å². The molecular formula is C8H12N2OS. The van der Waals surface area contributed by atoms with Crippen molar-refractivity contribution in [1.82, 2.24) is 5.32 Å². The van der Waals surface area contributed by atoms with E-state index in [0.29, 0.717) is 0 Å². The van der Waals surface area contributed by atoms with Crippen LogP contribution in [-0.4, -0.2) is 12.6 Å². The van der Waals surface area contributed by atoms with Gasteiger partial charge < -0.3 is 10.6 Å². The second-order valence-corrected chi connectivity index (χ2v) is 3.17. The zero-order chi connectivity index (χ0) is 8.81. The van der Waals surface area contributed by atoms with Gasteiger partial charge in [0.05, 0.1) is 5.69 Å². The number of anilines is 1. The standard InChI is InChI=1S/C8H12N2OS/c1-2-4-9-8(11)10-7-3-5-12-6-7/h3,5-6H,2,4H2,1H3,(H2,9,10,11). The molecule has 2 amide bonds. The van der Waals surface area contributed by atoms with Crippen molar-refractivity contribution in [3.8, 4) is 0 Å². The summed E-state index contributed by atoms with van der Waals surface area (Å²) in [5, 5.41) is 9.26. The number of hydrogen-bond donors (Lipinski definition) is 2. The minimum Gasteiger partial charge on any atom is -0.338 e. The van der Waals surface area contributed by atoms with E-state index in [-0.39, 0.29) is 6.03 Å². The van der Waals surface area contributed by atoms with E-state index < -0.39 is 0 Å². The van der Waals surface area contributed by atoms with Gasteiger partial charge in [-0.05, 0) is 17.9 Å². The Hall–Kier alpha value is -1.03. The van der Waals surface area contributed by atoms with Crippen molar-refractivity contribution >= 4 is 23.1 Å². The molecule has 0 atom stereocenters. The Morgan fingerprint density at radius 1 is 1.67 bits per heavy atom. The number of carbonyl (C=O) groups is 1. The molecule has 1 aromatic rings. The van der Waals surface area contributed by atoms with Crippen molar-refractivity contribution in [2.75, 3.05) is 11.9 Å². The van der Waals surface area contributed by atoms with E-state index in [1.165, 1.54) is 0 Å². The van der Waals surface area contributed by atoms with Crippen LogP contribution in [0.3, 0.4) is 0 Å². The lowest BCUT2D eigenvalue weighted by Gasteiger charge is -2.03. The van der Waals surface area contributed by atoms with E-state index in [2.05, 4.69) is 10.6 Å². The molecule has 1 heterocycles. The van der Waals surface area contributed by atoms with Crippen LogP contribution in [0, 0.1) is 0 Å². The molecule has 3 nitrogen and oxygen atoms in total. The highest BCUT2D eigenvalue weighted by Gasteiger charge is 1.98. The highest BCUT2D eigenvalue weighted by Crippen LogP contribution is 2.10. The van der Waals surface area contributed by atoms with Gasteiger partial charge in [-0.1, -0.05) is 6.92 Å². The van der Waals surface area contributed by atoms with E-state index in [9.17, 15) is 4.79 Å². The first-order chi connectivity index (χ1) is 5.83. The molecule has 0 saturated heterocycles. The molecule has 0 radical (unpaired) electrons. The average molecular weight is 184 g/mol. The largest absolute Gasteiger partial charge is 0.338 e. The minimum absolute atomic E-state index is 0.129. The Bertz CT molecular complexity index is 233. The van der Waals surface area contributed by atoms with Gasteiger partial charge in [0.2, 0.25) is 0 Å². The second-order valence-electron chi connectivity index (χ2n) is 2.39. The topological polar surface area (TPSA) is 41.1 Å². The Morgan fingerprint density at radius 3 is 3.08 bits per heavy atom. The molecule has 4 heteroatoms. The highest BCUT2D eigenvalue weighted by atomic mass is 32.1. The van der Waals surface area contributed by atoms with E-state index >= 15 is 0 Å². The van der Waals surface area contributed by atoms with Crippen molar-refractivity contribution in [2.45, 2.75) is 13.3 Å². The molecule has 0 unspecified atom stereocenters. The van der Waals surface area contributed by atoms with Gasteiger partial charge in [0.25, 0.3) is 0 Å². The van der Waals surface area contributed by atoms with E-state index in [1.54, 1.807) is 11.3 Å². The number of hydrogen-bond acceptors (Lipinski definition) is 2. The molecule has 0 aromatic carbocycles. The summed E-state index contributed by atoms with van der Waals surface area (Å²) in [4.78, 5) is 11.1. The summed E-state index contributed by atoms with van der Waals surface area (Å²) in [6, 6.07) is 1.74. The summed E-state index contributed by atoms with van der Waals surface area (Å²) in [6.45, 7) is 2.74. The molecule has 0 aliphatic carbocycles. The monoisotopic (exact) mass is 184 g/mol. The SMILES string of the molecule is CCCNC(=O)Nc1ccsc1. The maximum Gasteiger partial charge on any atom is 0.319 e. The number of amides is 2. The number of thiophene rings is 1. The fourth-order valence-corrected chi connectivity index (χ4v) is 1.34. The van der Waals surface area contributed by atoms with Crippen molar-refractivity contribution in [2.24, 2.45) is 0 Å². The van der Waals surface area contributed by atoms with Crippen molar-refractivity contribution in [3.63, 3.8) is 0 Å². The van der Waals surface area contributed by atoms with Gasteiger partial charge in [0.15, 0.2) is 0 Å². The quantitative estimate of drug-likeness (QED) is 0.743. The Kier molecular flexibility index (Phi) is 3.60. The number of rotatable bonds is 3. The van der Waals surface area contributed by atoms with Crippen LogP contribution in [0.1, 0.15) is 13.3 Å². The first-order valence-corrected chi connectivity index (χ1v) is 4.84. The molecule has 66 valence electrons. The molecule has 0 saturated carbocycles. The van der Waals surface area contributed by atoms with Crippen LogP contribution < -0.4 is 10.6 Å². The van der Waals surface area contributed by atoms with Gasteiger partial charge in [0, 0.05) is 11.9 Å². The second kappa shape index (κ2) is 4.77. The molecule has 0 spiro atoms. The Labute approximate surface area is 75.8 Å². The van der Waals surface area contributed by atoms with Crippen LogP contribution in [0.15, 0.2) is 16.8 Å². The third-order valence-corrected chi connectivity index (χ3v) is 2.00. The van der Waals surface area contributed by atoms with Crippen molar-refractivity contribution in [3.05, 3.63) is 16.8 Å². The third kappa shape index (κ3) is 2.92. The maximum absolute atomic E-state index is 11.1. The van der Waals surface area contributed by atoms with Gasteiger partial charge in [-0.15, -0.1) is 0 Å². The van der Waals surface area contributed by atoms with Gasteiger partial charge in [-0.25, -0.2) is 4.79 Å². The molecule has 0 bridgehead atoms. The lowest BCUT2D eigenvalue weighted by molar-refractivity contribution is 0.252. The fourth-order valence-electron chi connectivity index (χ4n) is 0.749. The molecular weight excluding hydrogens is 172 g/mol. The van der Waals surface area contributed by atoms with Crippen LogP contribution in [0.25, 0.3) is 0 Å². The first kappa shape index (κ1) is 9.06. The van der Waals surface area contributed by atoms with Gasteiger partial charge in [-0.3, -0.25) is 0 Å². The Balaban J connectivity index is 2.27. The molecule has 0 fully saturated rings. The summed E-state index contributed by atoms with van der Waals surface area (Å²) >= 11 is 1.56. The molecule has 0 aliphatic rings. The summed E-state index contributed by atoms with van der Waals surface area (Å²) in [5.74, 6) is 0. The van der Waals surface area contributed by atoms with E-state index in [0.717, 1.165) is 18.7 Å². The first-order valence-electron chi connectivity index (χ1n) is 3.90. The summed E-state index contributed by atoms with van der Waals surface area (Å²) in [6.07, 6.45) is 0.955. The lowest BCUT2D eigenvalue weighted by Crippen LogP contribution is -2.28. The average Bonchev–Trinajstić information content (AvgIpc) is 2.53. The summed E-state index contributed by atoms with van der Waals surface area (Å²) < 4.78 is 0. The van der Waals surface area contributed by atoms with Crippen LogP contribution in [-0.2, 0) is 0 Å². The maximum atomic E-state index is 11.1. The molecule has 1 aromatic heterocycles. The zero-order valence-electron chi connectivity index (χ0n) is 6.96. The number of carbonyl (C=O) groups excluding carboxylic acids is 1. The molecule has 1 rings (SSSR count). The minimum atomic E-state index is -0.129. The van der Waals surface area contributed by atoms with Crippen molar-refractivity contribution < 1.29 is 4.79 Å². The van der Waals surface area contributed by atoms with E-state index in [4.69, 9.17) is 0 Å². The van der Waals surface area contributed by atoms with E-state index in [1.807, 2.05) is 23.8 Å². The third-order valence-electron chi connectivity index (χ3n) is 1.31. The highest BCUT2D eigenvalue weighted by molar-refractivity contribution is 7.08. The Morgan fingerprint density at radius 2 is 2.50 bits per heavy atom. The predicted octanol–water partition coefficient (Wildman–Crippen LogP) is 2.28. The van der Waals surface area contributed by atoms with Crippen LogP contribution in [0.5, 0.6) is 0 Å². The predicted molar refractivity (Wildman–Crippen MR) is 51.6 cm³/mol. The summed E-state index contributed by atoms with van der Waals surface area (Å²) in [5.41, 5.74) is 0.855. The van der Waals surface area contributed by atoms with Crippen LogP contribution in [0.4, 0.5) is 10.5 Å². The zero-order valence-corrected chi connectivity index (χ0v) is 7.78. The molecule has 12 heavy (non-hydrogen) atoms. The molecule has 2 N–H and O–H groups in total. The number of nitrogens with one attached hydrogen (secondary N) is 2. The van der Waals surface area contributed by atoms with Gasteiger partial charge >= 0.3 is 6.03 Å². The normalized spacial score (nSPS) is 9.42. The summed E-state index contributed by atoms with van der Waals surface area (Å²) in [7, 11) is 0.